The lowest BCUT2D eigenvalue weighted by Crippen LogP contribution is -2.55. The number of hydrogen-bond acceptors (Lipinski definition) is 6. The molecule has 2 amide bonds. The van der Waals surface area contributed by atoms with E-state index in [0.29, 0.717) is 67.4 Å². The van der Waals surface area contributed by atoms with E-state index in [0.717, 1.165) is 16.7 Å². The summed E-state index contributed by atoms with van der Waals surface area (Å²) in [5.41, 5.74) is 2.74. The molecule has 2 aromatic carbocycles. The van der Waals surface area contributed by atoms with Crippen molar-refractivity contribution in [3.05, 3.63) is 87.4 Å². The van der Waals surface area contributed by atoms with Crippen LogP contribution >= 0.6 is 23.2 Å². The van der Waals surface area contributed by atoms with Crippen LogP contribution in [0.5, 0.6) is 5.75 Å². The Kier molecular flexibility index (Phi) is 10.6. The van der Waals surface area contributed by atoms with E-state index >= 15 is 0 Å². The molecule has 8 nitrogen and oxygen atoms in total. The maximum atomic E-state index is 14.8. The molecule has 46 heavy (non-hydrogen) atoms. The van der Waals surface area contributed by atoms with Crippen molar-refractivity contribution in [2.24, 2.45) is 10.9 Å². The lowest BCUT2D eigenvalue weighted by atomic mass is 9.85. The molecule has 3 aliphatic rings. The number of benzene rings is 2. The van der Waals surface area contributed by atoms with Crippen LogP contribution in [-0.2, 0) is 15.3 Å². The first kappa shape index (κ1) is 34.5. The molecule has 0 saturated carbocycles. The largest absolute Gasteiger partial charge is 0.493 e. The highest BCUT2D eigenvalue weighted by molar-refractivity contribution is 7.90. The minimum absolute atomic E-state index is 0.00760. The topological polar surface area (TPSA) is 82.5 Å². The molecule has 5 rings (SSSR count). The van der Waals surface area contributed by atoms with Crippen molar-refractivity contribution in [2.75, 3.05) is 51.3 Å². The second-order valence-electron chi connectivity index (χ2n) is 13.3. The minimum atomic E-state index is -3.07. The third kappa shape index (κ3) is 7.98. The molecule has 248 valence electrons. The smallest absolute Gasteiger partial charge is 0.326 e. The molecular weight excluding hydrogens is 643 g/mol. The number of allylic oxidation sites excluding steroid dienone is 3. The SMILES string of the molecule is CCOc1cc(C(C)(C)C)ccc1C1=N[C@@H](C2C=CC(Cl)=CC2)[C@@H](c2ccc(Cl)cc2)N1C(=O)N1CCN(CCS(C)(=O)=O)CC1. The molecule has 1 fully saturated rings. The fourth-order valence-electron chi connectivity index (χ4n) is 6.23. The number of piperazine rings is 1. The maximum absolute atomic E-state index is 14.8. The molecule has 0 aromatic heterocycles. The van der Waals surface area contributed by atoms with E-state index in [1.54, 1.807) is 0 Å². The third-order valence-electron chi connectivity index (χ3n) is 8.85. The maximum Gasteiger partial charge on any atom is 0.326 e. The van der Waals surface area contributed by atoms with Crippen molar-refractivity contribution in [2.45, 2.75) is 51.6 Å². The molecule has 2 aromatic rings. The second-order valence-corrected chi connectivity index (χ2v) is 16.4. The number of halogens is 2. The summed E-state index contributed by atoms with van der Waals surface area (Å²) in [7, 11) is -3.07. The summed E-state index contributed by atoms with van der Waals surface area (Å²) in [6.07, 6.45) is 7.96. The standard InChI is InChI=1S/C35H44Cl2N4O4S/c1-6-45-30-23-26(35(2,3)4)11-16-29(30)33-38-31(24-7-12-27(36)13-8-24)32(25-9-14-28(37)15-10-25)41(33)34(42)40-19-17-39(18-20-40)21-22-46(5,43)44/h7,9-16,23-24,31-32H,6,8,17-22H2,1-5H3/t24?,31-,32+/m0/s1. The molecule has 2 heterocycles. The van der Waals surface area contributed by atoms with Gasteiger partial charge in [0.05, 0.1) is 30.0 Å². The highest BCUT2D eigenvalue weighted by Gasteiger charge is 2.46. The lowest BCUT2D eigenvalue weighted by Gasteiger charge is -2.39. The van der Waals surface area contributed by atoms with Crippen LogP contribution in [0.25, 0.3) is 0 Å². The number of carbonyl (C=O) groups excluding carboxylic acids is 1. The first-order valence-corrected chi connectivity index (χ1v) is 18.7. The van der Waals surface area contributed by atoms with Crippen LogP contribution in [0.4, 0.5) is 4.79 Å². The zero-order valence-corrected chi connectivity index (χ0v) is 29.6. The van der Waals surface area contributed by atoms with Crippen molar-refractivity contribution in [1.29, 1.82) is 0 Å². The van der Waals surface area contributed by atoms with Crippen LogP contribution in [0.3, 0.4) is 0 Å². The van der Waals surface area contributed by atoms with E-state index in [1.165, 1.54) is 6.26 Å². The number of sulfone groups is 1. The highest BCUT2D eigenvalue weighted by atomic mass is 35.5. The average molecular weight is 688 g/mol. The summed E-state index contributed by atoms with van der Waals surface area (Å²) >= 11 is 12.7. The predicted octanol–water partition coefficient (Wildman–Crippen LogP) is 6.69. The molecule has 3 atom stereocenters. The van der Waals surface area contributed by atoms with Gasteiger partial charge < -0.3 is 9.64 Å². The van der Waals surface area contributed by atoms with E-state index in [-0.39, 0.29) is 29.2 Å². The molecule has 1 aliphatic carbocycles. The monoisotopic (exact) mass is 686 g/mol. The lowest BCUT2D eigenvalue weighted by molar-refractivity contribution is 0.121. The molecule has 0 bridgehead atoms. The zero-order valence-electron chi connectivity index (χ0n) is 27.2. The summed E-state index contributed by atoms with van der Waals surface area (Å²) in [4.78, 5) is 26.0. The molecule has 0 radical (unpaired) electrons. The van der Waals surface area contributed by atoms with Gasteiger partial charge in [-0.3, -0.25) is 14.8 Å². The fraction of sp³-hybridized carbons (Fsp3) is 0.486. The van der Waals surface area contributed by atoms with Crippen LogP contribution < -0.4 is 4.74 Å². The van der Waals surface area contributed by atoms with E-state index in [9.17, 15) is 13.2 Å². The number of nitrogens with zero attached hydrogens (tertiary/aromatic N) is 4. The number of carbonyl (C=O) groups is 1. The fourth-order valence-corrected chi connectivity index (χ4v) is 7.10. The Morgan fingerprint density at radius 3 is 2.33 bits per heavy atom. The van der Waals surface area contributed by atoms with E-state index < -0.39 is 15.9 Å². The Morgan fingerprint density at radius 2 is 1.74 bits per heavy atom. The van der Waals surface area contributed by atoms with Gasteiger partial charge in [-0.05, 0) is 60.2 Å². The Labute approximate surface area is 283 Å². The molecule has 11 heteroatoms. The highest BCUT2D eigenvalue weighted by Crippen LogP contribution is 2.43. The van der Waals surface area contributed by atoms with Gasteiger partial charge in [-0.1, -0.05) is 74.3 Å². The van der Waals surface area contributed by atoms with Crippen molar-refractivity contribution < 1.29 is 17.9 Å². The number of amidine groups is 1. The van der Waals surface area contributed by atoms with E-state index in [2.05, 4.69) is 43.9 Å². The zero-order chi connectivity index (χ0) is 33.2. The predicted molar refractivity (Wildman–Crippen MR) is 187 cm³/mol. The molecule has 0 N–H and O–H groups in total. The van der Waals surface area contributed by atoms with Crippen molar-refractivity contribution in [1.82, 2.24) is 14.7 Å². The summed E-state index contributed by atoms with van der Waals surface area (Å²) in [5, 5.41) is 1.31. The molecular formula is C35H44Cl2N4O4S. The van der Waals surface area contributed by atoms with Crippen molar-refractivity contribution >= 4 is 44.9 Å². The first-order valence-electron chi connectivity index (χ1n) is 15.9. The summed E-state index contributed by atoms with van der Waals surface area (Å²) < 4.78 is 29.8. The van der Waals surface area contributed by atoms with Gasteiger partial charge in [0, 0.05) is 55.0 Å². The normalized spacial score (nSPS) is 22.5. The van der Waals surface area contributed by atoms with Gasteiger partial charge in [-0.15, -0.1) is 0 Å². The first-order chi connectivity index (χ1) is 21.7. The van der Waals surface area contributed by atoms with Crippen molar-refractivity contribution in [3.63, 3.8) is 0 Å². The van der Waals surface area contributed by atoms with E-state index in [1.807, 2.05) is 59.2 Å². The van der Waals surface area contributed by atoms with Gasteiger partial charge in [-0.2, -0.15) is 0 Å². The van der Waals surface area contributed by atoms with Gasteiger partial charge in [0.25, 0.3) is 0 Å². The number of urea groups is 1. The van der Waals surface area contributed by atoms with Gasteiger partial charge >= 0.3 is 6.03 Å². The molecule has 0 spiro atoms. The van der Waals surface area contributed by atoms with Crippen LogP contribution in [0.2, 0.25) is 5.02 Å². The number of aliphatic imine (C=N–C) groups is 1. The number of amides is 2. The Morgan fingerprint density at radius 1 is 1.04 bits per heavy atom. The Bertz CT molecular complexity index is 1620. The average Bonchev–Trinajstić information content (AvgIpc) is 3.40. The second kappa shape index (κ2) is 14.1. The molecule has 1 saturated heterocycles. The number of ether oxygens (including phenoxy) is 1. The van der Waals surface area contributed by atoms with Gasteiger partial charge in [0.1, 0.15) is 21.4 Å². The van der Waals surface area contributed by atoms with Gasteiger partial charge in [-0.25, -0.2) is 13.2 Å². The van der Waals surface area contributed by atoms with Gasteiger partial charge in [0.15, 0.2) is 0 Å². The van der Waals surface area contributed by atoms with Gasteiger partial charge in [0.2, 0.25) is 0 Å². The number of rotatable bonds is 8. The van der Waals surface area contributed by atoms with Crippen LogP contribution in [0.15, 0.2) is 70.7 Å². The van der Waals surface area contributed by atoms with Crippen LogP contribution in [0.1, 0.15) is 56.8 Å². The Hall–Kier alpha value is -2.85. The molecule has 1 unspecified atom stereocenters. The van der Waals surface area contributed by atoms with E-state index in [4.69, 9.17) is 32.9 Å². The van der Waals surface area contributed by atoms with Crippen LogP contribution in [0, 0.1) is 5.92 Å². The summed E-state index contributed by atoms with van der Waals surface area (Å²) in [6, 6.07) is 13.0. The third-order valence-corrected chi connectivity index (χ3v) is 10.3. The van der Waals surface area contributed by atoms with Crippen molar-refractivity contribution in [3.8, 4) is 5.75 Å². The Balaban J connectivity index is 1.58. The minimum Gasteiger partial charge on any atom is -0.493 e. The van der Waals surface area contributed by atoms with Crippen LogP contribution in [-0.4, -0.2) is 92.4 Å². The summed E-state index contributed by atoms with van der Waals surface area (Å²) in [5.74, 6) is 1.37. The quantitative estimate of drug-likeness (QED) is 0.309. The number of hydrogen-bond donors (Lipinski definition) is 0. The molecule has 2 aliphatic heterocycles. The summed E-state index contributed by atoms with van der Waals surface area (Å²) in [6.45, 7) is 11.5.